The Hall–Kier alpha value is -3.47. The minimum atomic E-state index is -0.427. The Labute approximate surface area is 176 Å². The van der Waals surface area contributed by atoms with Gasteiger partial charge in [0.2, 0.25) is 6.79 Å². The fraction of sp³-hybridized carbons (Fsp3) is 0.240. The summed E-state index contributed by atoms with van der Waals surface area (Å²) in [4.78, 5) is 29.0. The smallest absolute Gasteiger partial charge is 0.231 e. The molecule has 1 saturated carbocycles. The predicted octanol–water partition coefficient (Wildman–Crippen LogP) is 4.77. The molecule has 3 aromatic rings. The van der Waals surface area contributed by atoms with Gasteiger partial charge in [0.05, 0.1) is 5.41 Å². The summed E-state index contributed by atoms with van der Waals surface area (Å²) in [5.74, 6) is 1.68. The summed E-state index contributed by atoms with van der Waals surface area (Å²) in [7, 11) is 0. The highest BCUT2D eigenvalue weighted by Crippen LogP contribution is 2.51. The van der Waals surface area contributed by atoms with Crippen LogP contribution in [-0.2, 0) is 16.6 Å². The van der Waals surface area contributed by atoms with Gasteiger partial charge in [-0.3, -0.25) is 14.6 Å². The van der Waals surface area contributed by atoms with E-state index in [1.165, 1.54) is 0 Å². The average Bonchev–Trinajstić information content (AvgIpc) is 3.45. The van der Waals surface area contributed by atoms with Crippen LogP contribution in [-0.4, -0.2) is 23.3 Å². The largest absolute Gasteiger partial charge is 0.454 e. The topological polar surface area (TPSA) is 65.5 Å². The quantitative estimate of drug-likeness (QED) is 0.557. The summed E-state index contributed by atoms with van der Waals surface area (Å²) in [6.07, 6.45) is 3.79. The van der Waals surface area contributed by atoms with Gasteiger partial charge in [-0.2, -0.15) is 0 Å². The zero-order valence-electron chi connectivity index (χ0n) is 16.7. The normalized spacial score (nSPS) is 15.6. The number of hydrogen-bond donors (Lipinski definition) is 0. The standard InChI is InChI=1S/C25H21NO4.H2/c1-16(27)17-2-4-18(5-3-17)19-6-8-21(26-14-19)13-24(28)25(10-11-25)20-7-9-22-23(12-20)30-15-29-22;/h2-9,12,14H,10-11,13,15H2,1H3;1H. The number of Topliss-reactive ketones (excluding diaryl/α,β-unsaturated/α-hetero) is 2. The third-order valence-electron chi connectivity index (χ3n) is 6.00. The maximum absolute atomic E-state index is 13.1. The monoisotopic (exact) mass is 401 g/mol. The van der Waals surface area contributed by atoms with Crippen molar-refractivity contribution >= 4 is 11.6 Å². The van der Waals surface area contributed by atoms with Crippen molar-refractivity contribution in [3.8, 4) is 22.6 Å². The van der Waals surface area contributed by atoms with Crippen LogP contribution in [0, 0.1) is 0 Å². The molecule has 0 bridgehead atoms. The van der Waals surface area contributed by atoms with Crippen molar-refractivity contribution in [2.45, 2.75) is 31.6 Å². The average molecular weight is 401 g/mol. The Morgan fingerprint density at radius 2 is 1.70 bits per heavy atom. The summed E-state index contributed by atoms with van der Waals surface area (Å²) in [6, 6.07) is 17.1. The maximum Gasteiger partial charge on any atom is 0.231 e. The van der Waals surface area contributed by atoms with Crippen LogP contribution < -0.4 is 9.47 Å². The van der Waals surface area contributed by atoms with Crippen molar-refractivity contribution in [3.63, 3.8) is 0 Å². The first kappa shape index (κ1) is 18.6. The molecule has 0 spiro atoms. The van der Waals surface area contributed by atoms with E-state index in [1.54, 1.807) is 13.1 Å². The fourth-order valence-corrected chi connectivity index (χ4v) is 3.98. The molecule has 30 heavy (non-hydrogen) atoms. The van der Waals surface area contributed by atoms with E-state index in [4.69, 9.17) is 9.47 Å². The van der Waals surface area contributed by atoms with E-state index in [9.17, 15) is 9.59 Å². The van der Waals surface area contributed by atoms with Crippen LogP contribution in [0.25, 0.3) is 11.1 Å². The van der Waals surface area contributed by atoms with E-state index in [2.05, 4.69) is 4.98 Å². The molecule has 1 aliphatic heterocycles. The number of benzene rings is 2. The molecule has 2 aromatic carbocycles. The summed E-state index contributed by atoms with van der Waals surface area (Å²) >= 11 is 0. The van der Waals surface area contributed by atoms with Crippen LogP contribution in [0.3, 0.4) is 0 Å². The molecule has 0 atom stereocenters. The minimum Gasteiger partial charge on any atom is -0.454 e. The third kappa shape index (κ3) is 3.26. The van der Waals surface area contributed by atoms with Gasteiger partial charge in [0, 0.05) is 30.9 Å². The lowest BCUT2D eigenvalue weighted by Gasteiger charge is -2.15. The summed E-state index contributed by atoms with van der Waals surface area (Å²) in [5.41, 5.74) is 3.97. The molecular formula is C25H23NO4. The highest BCUT2D eigenvalue weighted by atomic mass is 16.7. The number of carbonyl (C=O) groups excluding carboxylic acids is 2. The lowest BCUT2D eigenvalue weighted by molar-refractivity contribution is -0.120. The molecule has 0 unspecified atom stereocenters. The van der Waals surface area contributed by atoms with Crippen molar-refractivity contribution in [1.29, 1.82) is 0 Å². The van der Waals surface area contributed by atoms with E-state index >= 15 is 0 Å². The third-order valence-corrected chi connectivity index (χ3v) is 6.00. The van der Waals surface area contributed by atoms with Crippen LogP contribution in [0.2, 0.25) is 0 Å². The van der Waals surface area contributed by atoms with Crippen LogP contribution >= 0.6 is 0 Å². The zero-order valence-corrected chi connectivity index (χ0v) is 16.7. The number of nitrogens with zero attached hydrogens (tertiary/aromatic N) is 1. The van der Waals surface area contributed by atoms with Gasteiger partial charge in [0.1, 0.15) is 5.78 Å². The van der Waals surface area contributed by atoms with Gasteiger partial charge in [-0.25, -0.2) is 0 Å². The molecule has 0 saturated heterocycles. The highest BCUT2D eigenvalue weighted by Gasteiger charge is 2.50. The number of ketones is 2. The van der Waals surface area contributed by atoms with Crippen LogP contribution in [0.1, 0.15) is 42.8 Å². The Balaban J connectivity index is 0.00000231. The number of ether oxygens (including phenoxy) is 2. The van der Waals surface area contributed by atoms with Gasteiger partial charge in [0.25, 0.3) is 0 Å². The Bertz CT molecular complexity index is 1140. The molecule has 152 valence electrons. The van der Waals surface area contributed by atoms with Gasteiger partial charge in [0.15, 0.2) is 17.3 Å². The SMILES string of the molecule is CC(=O)c1ccc(-c2ccc(CC(=O)C3(c4ccc5c(c4)OCO5)CC3)nc2)cc1.[HH]. The second-order valence-electron chi connectivity index (χ2n) is 7.92. The number of hydrogen-bond acceptors (Lipinski definition) is 5. The Kier molecular flexibility index (Phi) is 4.39. The number of rotatable bonds is 6. The van der Waals surface area contributed by atoms with Crippen LogP contribution in [0.5, 0.6) is 11.5 Å². The molecule has 2 heterocycles. The van der Waals surface area contributed by atoms with Crippen molar-refractivity contribution in [3.05, 3.63) is 77.6 Å². The van der Waals surface area contributed by atoms with Crippen molar-refractivity contribution < 1.29 is 20.5 Å². The van der Waals surface area contributed by atoms with E-state index in [-0.39, 0.29) is 19.8 Å². The zero-order chi connectivity index (χ0) is 20.7. The second kappa shape index (κ2) is 7.10. The van der Waals surface area contributed by atoms with Gasteiger partial charge < -0.3 is 9.47 Å². The number of aromatic nitrogens is 1. The van der Waals surface area contributed by atoms with E-state index in [0.29, 0.717) is 17.7 Å². The van der Waals surface area contributed by atoms with Crippen molar-refractivity contribution in [2.75, 3.05) is 6.79 Å². The van der Waals surface area contributed by atoms with Gasteiger partial charge in [-0.15, -0.1) is 0 Å². The maximum atomic E-state index is 13.1. The van der Waals surface area contributed by atoms with E-state index in [0.717, 1.165) is 41.0 Å². The van der Waals surface area contributed by atoms with E-state index < -0.39 is 5.41 Å². The first-order chi connectivity index (χ1) is 14.5. The number of carbonyl (C=O) groups is 2. The van der Waals surface area contributed by atoms with Gasteiger partial charge in [-0.05, 0) is 49.1 Å². The molecule has 5 rings (SSSR count). The molecular weight excluding hydrogens is 378 g/mol. The molecule has 2 aliphatic rings. The van der Waals surface area contributed by atoms with Gasteiger partial charge >= 0.3 is 0 Å². The summed E-state index contributed by atoms with van der Waals surface area (Å²) in [5, 5.41) is 0. The lowest BCUT2D eigenvalue weighted by atomic mass is 9.88. The van der Waals surface area contributed by atoms with Crippen molar-refractivity contribution in [2.24, 2.45) is 0 Å². The predicted molar refractivity (Wildman–Crippen MR) is 114 cm³/mol. The molecule has 1 fully saturated rings. The molecule has 1 aliphatic carbocycles. The Morgan fingerprint density at radius 3 is 2.37 bits per heavy atom. The number of pyridine rings is 1. The second-order valence-corrected chi connectivity index (χ2v) is 7.92. The van der Waals surface area contributed by atoms with E-state index in [1.807, 2.05) is 54.6 Å². The summed E-state index contributed by atoms with van der Waals surface area (Å²) < 4.78 is 10.8. The Morgan fingerprint density at radius 1 is 0.967 bits per heavy atom. The molecule has 1 aromatic heterocycles. The van der Waals surface area contributed by atoms with Gasteiger partial charge in [-0.1, -0.05) is 36.4 Å². The lowest BCUT2D eigenvalue weighted by Crippen LogP contribution is -2.22. The molecule has 0 N–H and O–H groups in total. The van der Waals surface area contributed by atoms with Crippen LogP contribution in [0.15, 0.2) is 60.8 Å². The molecule has 0 radical (unpaired) electrons. The molecule has 5 heteroatoms. The minimum absolute atomic E-state index is 0. The summed E-state index contributed by atoms with van der Waals surface area (Å²) in [6.45, 7) is 1.78. The molecule has 5 nitrogen and oxygen atoms in total. The first-order valence-corrected chi connectivity index (χ1v) is 10.0. The highest BCUT2D eigenvalue weighted by molar-refractivity contribution is 5.95. The van der Waals surface area contributed by atoms with Crippen LogP contribution in [0.4, 0.5) is 0 Å². The molecule has 0 amide bonds. The first-order valence-electron chi connectivity index (χ1n) is 10.0. The fourth-order valence-electron chi connectivity index (χ4n) is 3.98. The van der Waals surface area contributed by atoms with Crippen molar-refractivity contribution in [1.82, 2.24) is 4.98 Å². The number of fused-ring (bicyclic) bond motifs is 1.